The minimum absolute atomic E-state index is 0.138. The van der Waals surface area contributed by atoms with Crippen LogP contribution in [0.4, 0.5) is 0 Å². The summed E-state index contributed by atoms with van der Waals surface area (Å²) in [5.74, 6) is 0.138. The third-order valence-electron chi connectivity index (χ3n) is 5.42. The van der Waals surface area contributed by atoms with Crippen LogP contribution in [0.1, 0.15) is 76.4 Å². The van der Waals surface area contributed by atoms with Crippen molar-refractivity contribution in [3.05, 3.63) is 34.9 Å². The highest BCUT2D eigenvalue weighted by atomic mass is 28.4. The second-order valence-corrected chi connectivity index (χ2v) is 13.2. The number of aryl methyl sites for hydroxylation is 2. The van der Waals surface area contributed by atoms with E-state index in [4.69, 9.17) is 26.6 Å². The molecule has 0 N–H and O–H groups in total. The van der Waals surface area contributed by atoms with Gasteiger partial charge in [-0.1, -0.05) is 25.1 Å². The molecule has 9 heteroatoms. The number of hydrogen-bond acceptors (Lipinski definition) is 7. The Morgan fingerprint density at radius 2 is 0.941 bits per heavy atom. The molecule has 0 aliphatic carbocycles. The molecule has 0 radical (unpaired) electrons. The maximum Gasteiger partial charge on any atom is 0.501 e. The first-order valence-electron chi connectivity index (χ1n) is 12.9. The van der Waals surface area contributed by atoms with Crippen molar-refractivity contribution in [2.45, 2.75) is 79.8 Å². The van der Waals surface area contributed by atoms with E-state index in [-0.39, 0.29) is 5.78 Å². The SMILES string of the molecule is CCO[Si](CCc1cccc(CC[Si](OCC)(OCC)OCC)c1C(=O)CC)(OCC)OCC. The topological polar surface area (TPSA) is 72.5 Å². The molecule has 7 nitrogen and oxygen atoms in total. The normalized spacial score (nSPS) is 12.3. The zero-order valence-corrected chi connectivity index (χ0v) is 24.4. The van der Waals surface area contributed by atoms with Crippen LogP contribution in [-0.2, 0) is 39.4 Å². The molecule has 0 aliphatic heterocycles. The van der Waals surface area contributed by atoms with Crippen molar-refractivity contribution >= 4 is 23.4 Å². The van der Waals surface area contributed by atoms with E-state index in [1.165, 1.54) is 0 Å². The van der Waals surface area contributed by atoms with E-state index in [2.05, 4.69) is 0 Å². The molecular formula is C25H46O7Si2. The average Bonchev–Trinajstić information content (AvgIpc) is 2.82. The van der Waals surface area contributed by atoms with E-state index in [1.54, 1.807) is 0 Å². The van der Waals surface area contributed by atoms with Crippen LogP contribution < -0.4 is 0 Å². The molecule has 0 saturated carbocycles. The highest BCUT2D eigenvalue weighted by molar-refractivity contribution is 6.61. The van der Waals surface area contributed by atoms with Gasteiger partial charge in [-0.05, 0) is 65.5 Å². The number of Topliss-reactive ketones (excluding diaryl/α,β-unsaturated/α-hetero) is 1. The lowest BCUT2D eigenvalue weighted by atomic mass is 9.93. The summed E-state index contributed by atoms with van der Waals surface area (Å²) in [6.45, 7) is 16.8. The predicted molar refractivity (Wildman–Crippen MR) is 139 cm³/mol. The molecule has 0 unspecified atom stereocenters. The number of carbonyl (C=O) groups excluding carboxylic acids is 1. The van der Waals surface area contributed by atoms with Gasteiger partial charge in [0, 0.05) is 63.7 Å². The zero-order valence-electron chi connectivity index (χ0n) is 22.4. The fourth-order valence-corrected chi connectivity index (χ4v) is 9.34. The summed E-state index contributed by atoms with van der Waals surface area (Å²) in [7, 11) is -5.62. The Morgan fingerprint density at radius 1 is 0.618 bits per heavy atom. The van der Waals surface area contributed by atoms with Crippen molar-refractivity contribution in [2.75, 3.05) is 39.6 Å². The molecule has 0 amide bonds. The molecular weight excluding hydrogens is 468 g/mol. The quantitative estimate of drug-likeness (QED) is 0.169. The largest absolute Gasteiger partial charge is 0.501 e. The van der Waals surface area contributed by atoms with E-state index in [0.29, 0.717) is 71.0 Å². The van der Waals surface area contributed by atoms with Crippen molar-refractivity contribution in [3.8, 4) is 0 Å². The van der Waals surface area contributed by atoms with Gasteiger partial charge in [0.25, 0.3) is 0 Å². The van der Waals surface area contributed by atoms with Gasteiger partial charge in [-0.25, -0.2) is 0 Å². The van der Waals surface area contributed by atoms with Crippen molar-refractivity contribution < 1.29 is 31.4 Å². The maximum absolute atomic E-state index is 13.1. The standard InChI is InChI=1S/C25H46O7Si2/c1-8-24(26)25-22(18-20-33(27-9-2,28-10-3)29-11-4)16-15-17-23(25)19-21-34(30-12-5,31-13-6)32-14-7/h15-17H,8-14,18-21H2,1-7H3. The summed E-state index contributed by atoms with van der Waals surface area (Å²) in [5.41, 5.74) is 2.82. The Hall–Kier alpha value is -0.916. The summed E-state index contributed by atoms with van der Waals surface area (Å²) in [5, 5.41) is 0. The lowest BCUT2D eigenvalue weighted by Gasteiger charge is -2.29. The van der Waals surface area contributed by atoms with Gasteiger partial charge in [0.05, 0.1) is 0 Å². The van der Waals surface area contributed by atoms with Gasteiger partial charge in [0.2, 0.25) is 0 Å². The molecule has 0 saturated heterocycles. The van der Waals surface area contributed by atoms with Gasteiger partial charge in [0.15, 0.2) is 5.78 Å². The molecule has 1 aromatic rings. The predicted octanol–water partition coefficient (Wildman–Crippen LogP) is 5.46. The molecule has 0 spiro atoms. The summed E-state index contributed by atoms with van der Waals surface area (Å²) < 4.78 is 36.2. The summed E-state index contributed by atoms with van der Waals surface area (Å²) >= 11 is 0. The van der Waals surface area contributed by atoms with E-state index in [1.807, 2.05) is 66.7 Å². The number of benzene rings is 1. The molecule has 0 bridgehead atoms. The first kappa shape index (κ1) is 31.1. The third-order valence-corrected chi connectivity index (χ3v) is 11.5. The second-order valence-electron chi connectivity index (χ2n) is 7.69. The smallest absolute Gasteiger partial charge is 0.374 e. The van der Waals surface area contributed by atoms with Gasteiger partial charge >= 0.3 is 17.6 Å². The molecule has 1 aromatic carbocycles. The summed E-state index contributed by atoms with van der Waals surface area (Å²) in [6, 6.07) is 7.35. The van der Waals surface area contributed by atoms with Crippen LogP contribution in [0, 0.1) is 0 Å². The Kier molecular flexibility index (Phi) is 15.3. The van der Waals surface area contributed by atoms with Crippen LogP contribution in [0.25, 0.3) is 0 Å². The highest BCUT2D eigenvalue weighted by Gasteiger charge is 2.41. The minimum atomic E-state index is -2.81. The van der Waals surface area contributed by atoms with Gasteiger partial charge in [-0.2, -0.15) is 0 Å². The number of rotatable bonds is 20. The fourth-order valence-electron chi connectivity index (χ4n) is 4.18. The Bertz CT molecular complexity index is 632. The van der Waals surface area contributed by atoms with Gasteiger partial charge in [0.1, 0.15) is 0 Å². The van der Waals surface area contributed by atoms with Crippen LogP contribution in [0.5, 0.6) is 0 Å². The van der Waals surface area contributed by atoms with Crippen molar-refractivity contribution in [2.24, 2.45) is 0 Å². The van der Waals surface area contributed by atoms with Crippen LogP contribution >= 0.6 is 0 Å². The van der Waals surface area contributed by atoms with Crippen molar-refractivity contribution in [1.29, 1.82) is 0 Å². The number of hydrogen-bond donors (Lipinski definition) is 0. The van der Waals surface area contributed by atoms with Crippen molar-refractivity contribution in [1.82, 2.24) is 0 Å². The van der Waals surface area contributed by atoms with E-state index in [9.17, 15) is 4.79 Å². The molecule has 1 rings (SSSR count). The molecule has 0 atom stereocenters. The molecule has 34 heavy (non-hydrogen) atoms. The number of ketones is 1. The fraction of sp³-hybridized carbons (Fsp3) is 0.720. The Balaban J connectivity index is 3.25. The second kappa shape index (κ2) is 16.7. The highest BCUT2D eigenvalue weighted by Crippen LogP contribution is 2.27. The van der Waals surface area contributed by atoms with Crippen LogP contribution in [-0.4, -0.2) is 63.0 Å². The van der Waals surface area contributed by atoms with Crippen LogP contribution in [0.3, 0.4) is 0 Å². The Morgan fingerprint density at radius 3 is 1.21 bits per heavy atom. The van der Waals surface area contributed by atoms with E-state index in [0.717, 1.165) is 16.7 Å². The zero-order chi connectivity index (χ0) is 25.5. The van der Waals surface area contributed by atoms with E-state index >= 15 is 0 Å². The van der Waals surface area contributed by atoms with Crippen molar-refractivity contribution in [3.63, 3.8) is 0 Å². The molecule has 0 aromatic heterocycles. The first-order chi connectivity index (χ1) is 16.4. The van der Waals surface area contributed by atoms with Gasteiger partial charge in [-0.3, -0.25) is 4.79 Å². The van der Waals surface area contributed by atoms with Crippen LogP contribution in [0.15, 0.2) is 18.2 Å². The number of carbonyl (C=O) groups is 1. The van der Waals surface area contributed by atoms with E-state index < -0.39 is 17.6 Å². The molecule has 0 fully saturated rings. The monoisotopic (exact) mass is 514 g/mol. The van der Waals surface area contributed by atoms with Gasteiger partial charge in [-0.15, -0.1) is 0 Å². The lowest BCUT2D eigenvalue weighted by Crippen LogP contribution is -2.46. The first-order valence-corrected chi connectivity index (χ1v) is 16.7. The van der Waals surface area contributed by atoms with Crippen LogP contribution in [0.2, 0.25) is 12.1 Å². The average molecular weight is 515 g/mol. The minimum Gasteiger partial charge on any atom is -0.374 e. The summed E-state index contributed by atoms with van der Waals surface area (Å²) in [4.78, 5) is 13.1. The molecule has 196 valence electrons. The maximum atomic E-state index is 13.1. The van der Waals surface area contributed by atoms with Gasteiger partial charge < -0.3 is 26.6 Å². The lowest BCUT2D eigenvalue weighted by molar-refractivity contribution is 0.0707. The molecule has 0 aliphatic rings. The Labute approximate surface area is 209 Å². The molecule has 0 heterocycles. The summed E-state index contributed by atoms with van der Waals surface area (Å²) in [6.07, 6.45) is 1.76. The third kappa shape index (κ3) is 9.27.